The number of aliphatic hydroxyl groups is 1. The van der Waals surface area contributed by atoms with Gasteiger partial charge in [0.1, 0.15) is 5.76 Å². The fourth-order valence-electron chi connectivity index (χ4n) is 3.61. The third kappa shape index (κ3) is 3.48. The molecule has 1 fully saturated rings. The molecule has 1 saturated heterocycles. The predicted molar refractivity (Wildman–Crippen MR) is 116 cm³/mol. The Bertz CT molecular complexity index is 1120. The highest BCUT2D eigenvalue weighted by Crippen LogP contribution is 2.42. The van der Waals surface area contributed by atoms with Crippen molar-refractivity contribution in [3.63, 3.8) is 0 Å². The molecule has 150 valence electrons. The number of hydrogen-bond acceptors (Lipinski definition) is 4. The second-order valence-corrected chi connectivity index (χ2v) is 7.42. The smallest absolute Gasteiger partial charge is 0.300 e. The molecule has 1 atom stereocenters. The zero-order valence-electron chi connectivity index (χ0n) is 16.2. The molecule has 1 amide bonds. The topological polar surface area (TPSA) is 70.5 Å². The molecule has 0 radical (unpaired) electrons. The lowest BCUT2D eigenvalue weighted by Crippen LogP contribution is -2.29. The van der Waals surface area contributed by atoms with Crippen molar-refractivity contribution in [3.05, 3.63) is 100 Å². The van der Waals surface area contributed by atoms with Crippen molar-refractivity contribution in [1.29, 1.82) is 0 Å². The summed E-state index contributed by atoms with van der Waals surface area (Å²) in [6, 6.07) is 16.7. The van der Waals surface area contributed by atoms with Gasteiger partial charge in [0.25, 0.3) is 11.7 Å². The summed E-state index contributed by atoms with van der Waals surface area (Å²) in [5.74, 6) is -1.67. The summed E-state index contributed by atoms with van der Waals surface area (Å²) in [7, 11) is 0. The van der Waals surface area contributed by atoms with Gasteiger partial charge in [-0.25, -0.2) is 0 Å². The quantitative estimate of drug-likeness (QED) is 0.370. The van der Waals surface area contributed by atoms with E-state index in [4.69, 9.17) is 11.6 Å². The lowest BCUT2D eigenvalue weighted by Gasteiger charge is -2.25. The molecule has 2 aromatic carbocycles. The fraction of sp³-hybridized carbons (Fsp3) is 0.125. The number of aliphatic hydroxyl groups excluding tert-OH is 1. The number of ketones is 1. The summed E-state index contributed by atoms with van der Waals surface area (Å²) in [4.78, 5) is 31.6. The van der Waals surface area contributed by atoms with Crippen molar-refractivity contribution < 1.29 is 14.7 Å². The van der Waals surface area contributed by atoms with Crippen LogP contribution in [0.2, 0.25) is 5.02 Å². The van der Waals surface area contributed by atoms with E-state index < -0.39 is 17.7 Å². The van der Waals surface area contributed by atoms with E-state index in [0.717, 1.165) is 12.0 Å². The zero-order valence-corrected chi connectivity index (χ0v) is 17.0. The van der Waals surface area contributed by atoms with Crippen LogP contribution in [-0.2, 0) is 16.0 Å². The maximum absolute atomic E-state index is 13.0. The normalized spacial score (nSPS) is 18.1. The number of hydrogen-bond donors (Lipinski definition) is 1. The van der Waals surface area contributed by atoms with E-state index in [1.54, 1.807) is 48.8 Å². The zero-order chi connectivity index (χ0) is 21.3. The van der Waals surface area contributed by atoms with Gasteiger partial charge in [-0.05, 0) is 60.0 Å². The van der Waals surface area contributed by atoms with Crippen LogP contribution in [0.15, 0.2) is 78.6 Å². The molecule has 2 heterocycles. The van der Waals surface area contributed by atoms with E-state index in [1.807, 2.05) is 31.2 Å². The molecule has 4 rings (SSSR count). The van der Waals surface area contributed by atoms with Gasteiger partial charge in [0.2, 0.25) is 0 Å². The van der Waals surface area contributed by atoms with E-state index in [9.17, 15) is 14.7 Å². The average Bonchev–Trinajstić information content (AvgIpc) is 3.05. The molecule has 1 aliphatic rings. The molecule has 1 N–H and O–H groups in total. The van der Waals surface area contributed by atoms with Crippen LogP contribution >= 0.6 is 11.6 Å². The number of benzene rings is 2. The monoisotopic (exact) mass is 418 g/mol. The van der Waals surface area contributed by atoms with Crippen molar-refractivity contribution in [2.24, 2.45) is 0 Å². The summed E-state index contributed by atoms with van der Waals surface area (Å²) in [5, 5.41) is 11.5. The number of pyridine rings is 1. The van der Waals surface area contributed by atoms with E-state index in [2.05, 4.69) is 4.98 Å². The van der Waals surface area contributed by atoms with Gasteiger partial charge in [-0.2, -0.15) is 0 Å². The van der Waals surface area contributed by atoms with Crippen molar-refractivity contribution in [2.45, 2.75) is 19.4 Å². The maximum atomic E-state index is 13.0. The van der Waals surface area contributed by atoms with Crippen LogP contribution in [0.4, 0.5) is 5.69 Å². The standard InChI is InChI=1S/C24H19ClN2O3/c1-2-15-5-11-19(12-6-15)27-21(17-4-3-13-26-14-17)20(23(29)24(27)30)22(28)16-7-9-18(25)10-8-16/h3-14,21,28H,2H2,1H3/b22-20-. The Kier molecular flexibility index (Phi) is 5.38. The van der Waals surface area contributed by atoms with Gasteiger partial charge < -0.3 is 5.11 Å². The van der Waals surface area contributed by atoms with Crippen molar-refractivity contribution >= 4 is 34.7 Å². The molecule has 3 aromatic rings. The van der Waals surface area contributed by atoms with Crippen LogP contribution in [0.5, 0.6) is 0 Å². The molecule has 1 unspecified atom stereocenters. The van der Waals surface area contributed by atoms with Crippen LogP contribution in [0.1, 0.15) is 29.7 Å². The molecule has 5 nitrogen and oxygen atoms in total. The second kappa shape index (κ2) is 8.13. The summed E-state index contributed by atoms with van der Waals surface area (Å²) in [6.45, 7) is 2.04. The predicted octanol–water partition coefficient (Wildman–Crippen LogP) is 4.92. The molecule has 1 aromatic heterocycles. The first-order chi connectivity index (χ1) is 14.5. The van der Waals surface area contributed by atoms with Crippen molar-refractivity contribution in [3.8, 4) is 0 Å². The molecule has 30 heavy (non-hydrogen) atoms. The van der Waals surface area contributed by atoms with Gasteiger partial charge in [-0.15, -0.1) is 0 Å². The number of anilines is 1. The minimum atomic E-state index is -0.790. The van der Waals surface area contributed by atoms with Crippen molar-refractivity contribution in [1.82, 2.24) is 4.98 Å². The number of carbonyl (C=O) groups excluding carboxylic acids is 2. The number of Topliss-reactive ketones (excluding diaryl/α,β-unsaturated/α-hetero) is 1. The number of rotatable bonds is 4. The largest absolute Gasteiger partial charge is 0.507 e. The molecule has 0 spiro atoms. The molecule has 1 aliphatic heterocycles. The van der Waals surface area contributed by atoms with Gasteiger partial charge in [0, 0.05) is 28.7 Å². The SMILES string of the molecule is CCc1ccc(N2C(=O)C(=O)/C(=C(\O)c3ccc(Cl)cc3)C2c2cccnc2)cc1. The third-order valence-electron chi connectivity index (χ3n) is 5.18. The first kappa shape index (κ1) is 19.9. The highest BCUT2D eigenvalue weighted by Gasteiger charge is 2.47. The average molecular weight is 419 g/mol. The molecule has 0 bridgehead atoms. The second-order valence-electron chi connectivity index (χ2n) is 6.98. The molecular weight excluding hydrogens is 400 g/mol. The Morgan fingerprint density at radius 1 is 1.07 bits per heavy atom. The fourth-order valence-corrected chi connectivity index (χ4v) is 3.73. The van der Waals surface area contributed by atoms with Gasteiger partial charge in [0.05, 0.1) is 11.6 Å². The molecule has 0 saturated carbocycles. The van der Waals surface area contributed by atoms with E-state index in [1.165, 1.54) is 4.90 Å². The maximum Gasteiger partial charge on any atom is 0.300 e. The lowest BCUT2D eigenvalue weighted by molar-refractivity contribution is -0.132. The molecular formula is C24H19ClN2O3. The van der Waals surface area contributed by atoms with Gasteiger partial charge in [0.15, 0.2) is 0 Å². The Labute approximate surface area is 179 Å². The number of amides is 1. The van der Waals surface area contributed by atoms with E-state index in [-0.39, 0.29) is 11.3 Å². The van der Waals surface area contributed by atoms with E-state index >= 15 is 0 Å². The number of aryl methyl sites for hydroxylation is 1. The summed E-state index contributed by atoms with van der Waals surface area (Å²) >= 11 is 5.95. The number of aromatic nitrogens is 1. The van der Waals surface area contributed by atoms with Gasteiger partial charge in [-0.1, -0.05) is 36.7 Å². The van der Waals surface area contributed by atoms with Crippen molar-refractivity contribution in [2.75, 3.05) is 4.90 Å². The Morgan fingerprint density at radius 3 is 2.37 bits per heavy atom. The summed E-state index contributed by atoms with van der Waals surface area (Å²) in [5.41, 5.74) is 2.77. The highest BCUT2D eigenvalue weighted by molar-refractivity contribution is 6.51. The van der Waals surface area contributed by atoms with Crippen LogP contribution in [-0.4, -0.2) is 21.8 Å². The third-order valence-corrected chi connectivity index (χ3v) is 5.44. The van der Waals surface area contributed by atoms with E-state index in [0.29, 0.717) is 21.8 Å². The Balaban J connectivity index is 1.90. The number of carbonyl (C=O) groups is 2. The lowest BCUT2D eigenvalue weighted by atomic mass is 9.96. The Morgan fingerprint density at radius 2 is 1.77 bits per heavy atom. The van der Waals surface area contributed by atoms with Crippen LogP contribution in [0.3, 0.4) is 0 Å². The Hall–Kier alpha value is -3.44. The number of halogens is 1. The summed E-state index contributed by atoms with van der Waals surface area (Å²) < 4.78 is 0. The summed E-state index contributed by atoms with van der Waals surface area (Å²) in [6.07, 6.45) is 4.08. The molecule has 6 heteroatoms. The highest BCUT2D eigenvalue weighted by atomic mass is 35.5. The number of nitrogens with zero attached hydrogens (tertiary/aromatic N) is 2. The first-order valence-corrected chi connectivity index (χ1v) is 9.95. The minimum Gasteiger partial charge on any atom is -0.507 e. The van der Waals surface area contributed by atoms with Crippen LogP contribution in [0.25, 0.3) is 5.76 Å². The van der Waals surface area contributed by atoms with Gasteiger partial charge >= 0.3 is 0 Å². The first-order valence-electron chi connectivity index (χ1n) is 9.57. The van der Waals surface area contributed by atoms with Crippen LogP contribution in [0, 0.1) is 0 Å². The molecule has 0 aliphatic carbocycles. The van der Waals surface area contributed by atoms with Gasteiger partial charge in [-0.3, -0.25) is 19.5 Å². The van der Waals surface area contributed by atoms with Crippen LogP contribution < -0.4 is 4.90 Å². The minimum absolute atomic E-state index is 0.0230.